The second-order valence-electron chi connectivity index (χ2n) is 10.4. The van der Waals surface area contributed by atoms with Gasteiger partial charge in [-0.1, -0.05) is 25.1 Å². The Balaban J connectivity index is 1.71. The van der Waals surface area contributed by atoms with E-state index in [0.29, 0.717) is 35.8 Å². The number of carbonyl (C=O) groups excluding carboxylic acids is 2. The fourth-order valence-corrected chi connectivity index (χ4v) is 5.12. The number of imidazole rings is 1. The van der Waals surface area contributed by atoms with E-state index in [9.17, 15) is 9.59 Å². The quantitative estimate of drug-likeness (QED) is 0.220. The number of benzene rings is 2. The molecule has 0 saturated heterocycles. The first kappa shape index (κ1) is 28.4. The van der Waals surface area contributed by atoms with E-state index < -0.39 is 11.7 Å². The predicted molar refractivity (Wildman–Crippen MR) is 157 cm³/mol. The number of hydrogen-bond acceptors (Lipinski definition) is 5. The summed E-state index contributed by atoms with van der Waals surface area (Å²) in [5.74, 6) is 1.37. The zero-order valence-corrected chi connectivity index (χ0v) is 24.9. The van der Waals surface area contributed by atoms with E-state index in [1.165, 1.54) is 0 Å². The molecule has 39 heavy (non-hydrogen) atoms. The van der Waals surface area contributed by atoms with Crippen LogP contribution in [0.3, 0.4) is 0 Å². The van der Waals surface area contributed by atoms with Crippen LogP contribution in [-0.2, 0) is 17.7 Å². The van der Waals surface area contributed by atoms with Crippen molar-refractivity contribution in [2.45, 2.75) is 66.5 Å². The van der Waals surface area contributed by atoms with Gasteiger partial charge in [0.15, 0.2) is 5.76 Å². The van der Waals surface area contributed by atoms with Gasteiger partial charge in [-0.15, -0.1) is 0 Å². The number of para-hydroxylation sites is 1. The highest BCUT2D eigenvalue weighted by molar-refractivity contribution is 9.10. The van der Waals surface area contributed by atoms with E-state index in [1.54, 1.807) is 0 Å². The van der Waals surface area contributed by atoms with E-state index in [2.05, 4.69) is 39.6 Å². The minimum Gasteiger partial charge on any atom is -0.455 e. The van der Waals surface area contributed by atoms with Crippen LogP contribution in [0, 0.1) is 6.92 Å². The Morgan fingerprint density at radius 3 is 2.56 bits per heavy atom. The molecule has 4 aromatic rings. The second-order valence-corrected chi connectivity index (χ2v) is 11.2. The third kappa shape index (κ3) is 6.36. The van der Waals surface area contributed by atoms with Crippen LogP contribution >= 0.6 is 15.9 Å². The number of aromatic nitrogens is 2. The summed E-state index contributed by atoms with van der Waals surface area (Å²) in [7, 11) is 0. The highest BCUT2D eigenvalue weighted by atomic mass is 79.9. The summed E-state index contributed by atoms with van der Waals surface area (Å²) >= 11 is 3.74. The zero-order valence-electron chi connectivity index (χ0n) is 23.3. The highest BCUT2D eigenvalue weighted by Crippen LogP contribution is 2.41. The lowest BCUT2D eigenvalue weighted by Gasteiger charge is -2.20. The summed E-state index contributed by atoms with van der Waals surface area (Å²) in [6.45, 7) is 12.4. The first-order valence-electron chi connectivity index (χ1n) is 13.2. The minimum absolute atomic E-state index is 0.119. The van der Waals surface area contributed by atoms with Gasteiger partial charge in [-0.3, -0.25) is 10.1 Å². The Hall–Kier alpha value is -3.59. The van der Waals surface area contributed by atoms with Crippen molar-refractivity contribution in [2.75, 3.05) is 11.9 Å². The van der Waals surface area contributed by atoms with Gasteiger partial charge < -0.3 is 19.0 Å². The molecule has 9 heteroatoms. The standard InChI is InChI=1S/C30H35BrN4O4/c1-7-11-24-33-18(3)26(28(36)32-8-2)35(24)17-19-14-15-23-21(16-19)25(31)27(38-23)20-12-9-10-13-22(20)34-29(37)39-30(4,5)6/h9-10,12-16H,7-8,11,17H2,1-6H3,(H,32,36)(H,34,37). The number of aryl methyl sites for hydroxylation is 2. The molecule has 0 saturated carbocycles. The third-order valence-corrected chi connectivity index (χ3v) is 6.87. The average molecular weight is 596 g/mol. The maximum absolute atomic E-state index is 12.9. The lowest BCUT2D eigenvalue weighted by atomic mass is 10.1. The largest absolute Gasteiger partial charge is 0.455 e. The van der Waals surface area contributed by atoms with Gasteiger partial charge in [0.1, 0.15) is 22.7 Å². The number of amides is 2. The van der Waals surface area contributed by atoms with E-state index in [-0.39, 0.29) is 5.91 Å². The summed E-state index contributed by atoms with van der Waals surface area (Å²) in [6, 6.07) is 13.4. The molecule has 206 valence electrons. The molecule has 2 N–H and O–H groups in total. The molecule has 2 heterocycles. The molecule has 8 nitrogen and oxygen atoms in total. The van der Waals surface area contributed by atoms with Gasteiger partial charge >= 0.3 is 6.09 Å². The Bertz CT molecular complexity index is 1510. The number of furan rings is 1. The van der Waals surface area contributed by atoms with Crippen LogP contribution in [0.15, 0.2) is 51.4 Å². The molecule has 0 fully saturated rings. The van der Waals surface area contributed by atoms with E-state index in [0.717, 1.165) is 45.3 Å². The molecule has 0 atom stereocenters. The highest BCUT2D eigenvalue weighted by Gasteiger charge is 2.23. The molecule has 0 aliphatic rings. The van der Waals surface area contributed by atoms with Gasteiger partial charge in [0.05, 0.1) is 15.9 Å². The van der Waals surface area contributed by atoms with Crippen LogP contribution in [0.5, 0.6) is 0 Å². The van der Waals surface area contributed by atoms with Gasteiger partial charge in [-0.25, -0.2) is 9.78 Å². The maximum Gasteiger partial charge on any atom is 0.412 e. The molecule has 0 radical (unpaired) electrons. The molecule has 2 amide bonds. The predicted octanol–water partition coefficient (Wildman–Crippen LogP) is 7.46. The summed E-state index contributed by atoms with van der Waals surface area (Å²) < 4.78 is 14.5. The van der Waals surface area contributed by atoms with Crippen LogP contribution in [0.25, 0.3) is 22.3 Å². The molecule has 0 aliphatic heterocycles. The number of ether oxygens (including phenoxy) is 1. The monoisotopic (exact) mass is 594 g/mol. The Kier molecular flexibility index (Phi) is 8.49. The Labute approximate surface area is 237 Å². The van der Waals surface area contributed by atoms with Crippen molar-refractivity contribution >= 4 is 44.6 Å². The number of nitrogens with zero attached hydrogens (tertiary/aromatic N) is 2. The van der Waals surface area contributed by atoms with Gasteiger partial charge in [-0.05, 0) is 86.8 Å². The number of fused-ring (bicyclic) bond motifs is 1. The summed E-state index contributed by atoms with van der Waals surface area (Å²) in [5.41, 5.74) is 3.72. The molecule has 4 rings (SSSR count). The molecule has 0 aliphatic carbocycles. The Morgan fingerprint density at radius 1 is 1.13 bits per heavy atom. The summed E-state index contributed by atoms with van der Waals surface area (Å²) in [5, 5.41) is 6.64. The molecule has 2 aromatic heterocycles. The van der Waals surface area contributed by atoms with Crippen molar-refractivity contribution in [3.8, 4) is 11.3 Å². The van der Waals surface area contributed by atoms with Crippen molar-refractivity contribution in [3.63, 3.8) is 0 Å². The molecule has 0 spiro atoms. The van der Waals surface area contributed by atoms with E-state index >= 15 is 0 Å². The number of anilines is 1. The third-order valence-electron chi connectivity index (χ3n) is 6.09. The van der Waals surface area contributed by atoms with Crippen LogP contribution < -0.4 is 10.6 Å². The normalized spacial score (nSPS) is 11.6. The molecule has 0 unspecified atom stereocenters. The number of nitrogens with one attached hydrogen (secondary N) is 2. The molecular formula is C30H35BrN4O4. The van der Waals surface area contributed by atoms with Gasteiger partial charge in [0.25, 0.3) is 5.91 Å². The first-order chi connectivity index (χ1) is 18.5. The zero-order chi connectivity index (χ0) is 28.3. The number of hydrogen-bond donors (Lipinski definition) is 2. The smallest absolute Gasteiger partial charge is 0.412 e. The minimum atomic E-state index is -0.614. The second kappa shape index (κ2) is 11.7. The van der Waals surface area contributed by atoms with Gasteiger partial charge in [0, 0.05) is 30.5 Å². The lowest BCUT2D eigenvalue weighted by molar-refractivity contribution is 0.0635. The lowest BCUT2D eigenvalue weighted by Crippen LogP contribution is -2.27. The van der Waals surface area contributed by atoms with Crippen LogP contribution in [-0.4, -0.2) is 33.7 Å². The van der Waals surface area contributed by atoms with Crippen molar-refractivity contribution in [1.29, 1.82) is 0 Å². The summed E-state index contributed by atoms with van der Waals surface area (Å²) in [4.78, 5) is 30.0. The first-order valence-corrected chi connectivity index (χ1v) is 14.0. The summed E-state index contributed by atoms with van der Waals surface area (Å²) in [6.07, 6.45) is 1.17. The molecular weight excluding hydrogens is 560 g/mol. The van der Waals surface area contributed by atoms with Gasteiger partial charge in [-0.2, -0.15) is 0 Å². The van der Waals surface area contributed by atoms with E-state index in [4.69, 9.17) is 14.1 Å². The maximum atomic E-state index is 12.9. The van der Waals surface area contributed by atoms with Crippen LogP contribution in [0.4, 0.5) is 10.5 Å². The average Bonchev–Trinajstić information content (AvgIpc) is 3.34. The van der Waals surface area contributed by atoms with Crippen LogP contribution in [0.1, 0.15) is 68.6 Å². The van der Waals surface area contributed by atoms with Gasteiger partial charge in [0.2, 0.25) is 0 Å². The van der Waals surface area contributed by atoms with Crippen molar-refractivity contribution in [2.24, 2.45) is 0 Å². The number of rotatable bonds is 8. The van der Waals surface area contributed by atoms with Crippen LogP contribution in [0.2, 0.25) is 0 Å². The number of halogens is 1. The SMILES string of the molecule is CCCc1nc(C)c(C(=O)NCC)n1Cc1ccc2oc(-c3ccccc3NC(=O)OC(C)(C)C)c(Br)c2c1. The topological polar surface area (TPSA) is 98.4 Å². The van der Waals surface area contributed by atoms with Crippen molar-refractivity contribution < 1.29 is 18.7 Å². The van der Waals surface area contributed by atoms with E-state index in [1.807, 2.05) is 75.6 Å². The van der Waals surface area contributed by atoms with Crippen molar-refractivity contribution in [3.05, 3.63) is 69.7 Å². The molecule has 0 bridgehead atoms. The fourth-order valence-electron chi connectivity index (χ4n) is 4.52. The molecule has 2 aromatic carbocycles. The number of carbonyl (C=O) groups is 2. The van der Waals surface area contributed by atoms with Crippen molar-refractivity contribution in [1.82, 2.24) is 14.9 Å². The fraction of sp³-hybridized carbons (Fsp3) is 0.367. The Morgan fingerprint density at radius 2 is 1.87 bits per heavy atom.